The third-order valence-corrected chi connectivity index (χ3v) is 4.36. The van der Waals surface area contributed by atoms with E-state index in [0.29, 0.717) is 34.3 Å². The molecule has 0 spiro atoms. The number of hydrogen-bond acceptors (Lipinski definition) is 3. The first-order valence-corrected chi connectivity index (χ1v) is 7.72. The summed E-state index contributed by atoms with van der Waals surface area (Å²) < 4.78 is 1.84. The number of para-hydroxylation sites is 1. The molecule has 0 aliphatic heterocycles. The number of carboxylic acids is 2. The number of carboxylic acid groups (broad SMARTS) is 2. The van der Waals surface area contributed by atoms with Crippen LogP contribution in [0.3, 0.4) is 0 Å². The van der Waals surface area contributed by atoms with Gasteiger partial charge in [-0.15, -0.1) is 0 Å². The van der Waals surface area contributed by atoms with Crippen molar-refractivity contribution in [2.75, 3.05) is 0 Å². The van der Waals surface area contributed by atoms with Crippen LogP contribution in [0, 0.1) is 6.92 Å². The molecule has 0 unspecified atom stereocenters. The van der Waals surface area contributed by atoms with E-state index in [1.54, 1.807) is 43.3 Å². The summed E-state index contributed by atoms with van der Waals surface area (Å²) in [7, 11) is 0. The minimum Gasteiger partial charge on any atom is -0.508 e. The Kier molecular flexibility index (Phi) is 4.19. The van der Waals surface area contributed by atoms with Crippen LogP contribution in [0.25, 0.3) is 10.9 Å². The minimum absolute atomic E-state index is 0.0767. The monoisotopic (exact) mass is 339 g/mol. The second-order valence-corrected chi connectivity index (χ2v) is 5.85. The summed E-state index contributed by atoms with van der Waals surface area (Å²) in [5, 5.41) is 29.2. The molecule has 0 atom stereocenters. The largest absolute Gasteiger partial charge is 0.508 e. The van der Waals surface area contributed by atoms with Crippen molar-refractivity contribution in [3.8, 4) is 5.75 Å². The van der Waals surface area contributed by atoms with Gasteiger partial charge in [0.2, 0.25) is 0 Å². The van der Waals surface area contributed by atoms with Gasteiger partial charge in [-0.2, -0.15) is 0 Å². The maximum Gasteiger partial charge on any atom is 0.336 e. The van der Waals surface area contributed by atoms with Crippen molar-refractivity contribution < 1.29 is 24.9 Å². The van der Waals surface area contributed by atoms with Crippen LogP contribution < -0.4 is 0 Å². The topological polar surface area (TPSA) is 99.8 Å². The zero-order valence-corrected chi connectivity index (χ0v) is 13.6. The quantitative estimate of drug-likeness (QED) is 0.663. The Morgan fingerprint density at radius 1 is 1.04 bits per heavy atom. The summed E-state index contributed by atoms with van der Waals surface area (Å²) >= 11 is 0. The lowest BCUT2D eigenvalue weighted by Crippen LogP contribution is -2.05. The molecule has 0 saturated heterocycles. The number of phenols is 1. The summed E-state index contributed by atoms with van der Waals surface area (Å²) in [6, 6.07) is 11.8. The number of aromatic nitrogens is 1. The zero-order chi connectivity index (χ0) is 18.1. The predicted molar refractivity (Wildman–Crippen MR) is 92.2 cm³/mol. The molecule has 3 aromatic rings. The van der Waals surface area contributed by atoms with Gasteiger partial charge >= 0.3 is 11.9 Å². The zero-order valence-electron chi connectivity index (χ0n) is 13.6. The van der Waals surface area contributed by atoms with Crippen LogP contribution in [0.5, 0.6) is 5.75 Å². The van der Waals surface area contributed by atoms with Gasteiger partial charge in [-0.25, -0.2) is 4.79 Å². The van der Waals surface area contributed by atoms with Crippen molar-refractivity contribution in [3.05, 3.63) is 64.8 Å². The molecule has 0 saturated carbocycles. The van der Waals surface area contributed by atoms with Crippen LogP contribution in [-0.4, -0.2) is 31.8 Å². The van der Waals surface area contributed by atoms with Crippen molar-refractivity contribution in [3.63, 3.8) is 0 Å². The maximum atomic E-state index is 11.6. The van der Waals surface area contributed by atoms with E-state index in [1.165, 1.54) is 6.07 Å². The molecule has 0 bridgehead atoms. The van der Waals surface area contributed by atoms with Crippen molar-refractivity contribution >= 4 is 22.8 Å². The normalized spacial score (nSPS) is 10.9. The van der Waals surface area contributed by atoms with Crippen LogP contribution in [-0.2, 0) is 17.8 Å². The first-order valence-electron chi connectivity index (χ1n) is 7.72. The number of carbonyl (C=O) groups is 2. The molecule has 25 heavy (non-hydrogen) atoms. The predicted octanol–water partition coefficient (Wildman–Crippen LogP) is 3.03. The van der Waals surface area contributed by atoms with Crippen molar-refractivity contribution in [1.82, 2.24) is 4.57 Å². The summed E-state index contributed by atoms with van der Waals surface area (Å²) in [4.78, 5) is 22.9. The Morgan fingerprint density at radius 3 is 2.40 bits per heavy atom. The molecule has 1 aromatic heterocycles. The Labute approximate surface area is 143 Å². The van der Waals surface area contributed by atoms with Crippen LogP contribution in [0.1, 0.15) is 27.2 Å². The fraction of sp³-hybridized carbons (Fsp3) is 0.158. The van der Waals surface area contributed by atoms with E-state index in [0.717, 1.165) is 0 Å². The molecule has 1 heterocycles. The van der Waals surface area contributed by atoms with Gasteiger partial charge in [0.1, 0.15) is 5.75 Å². The number of phenolic OH excluding ortho intramolecular Hbond substituents is 1. The van der Waals surface area contributed by atoms with Crippen molar-refractivity contribution in [1.29, 1.82) is 0 Å². The first-order chi connectivity index (χ1) is 11.9. The smallest absolute Gasteiger partial charge is 0.336 e. The van der Waals surface area contributed by atoms with Crippen LogP contribution in [0.15, 0.2) is 42.5 Å². The highest BCUT2D eigenvalue weighted by Gasteiger charge is 2.21. The molecule has 128 valence electrons. The molecule has 6 nitrogen and oxygen atoms in total. The van der Waals surface area contributed by atoms with E-state index in [2.05, 4.69) is 0 Å². The standard InChI is InChI=1S/C19H17NO5/c1-11-14(9-17(22)23)18-13(19(24)25)6-4-7-15(18)20(11)10-12-5-2-3-8-16(12)21/h2-8,21H,9-10H2,1H3,(H,22,23)(H,24,25). The molecule has 0 aliphatic rings. The summed E-state index contributed by atoms with van der Waals surface area (Å²) in [5.74, 6) is -1.99. The van der Waals surface area contributed by atoms with Crippen LogP contribution in [0.4, 0.5) is 0 Å². The van der Waals surface area contributed by atoms with E-state index >= 15 is 0 Å². The van der Waals surface area contributed by atoms with Gasteiger partial charge in [0.25, 0.3) is 0 Å². The van der Waals surface area contributed by atoms with Gasteiger partial charge in [0.05, 0.1) is 18.5 Å². The summed E-state index contributed by atoms with van der Waals surface area (Å²) in [5.41, 5.74) is 2.54. The van der Waals surface area contributed by atoms with Crippen LogP contribution >= 0.6 is 0 Å². The number of aromatic hydroxyl groups is 1. The molecular weight excluding hydrogens is 322 g/mol. The lowest BCUT2D eigenvalue weighted by Gasteiger charge is -2.10. The lowest BCUT2D eigenvalue weighted by molar-refractivity contribution is -0.136. The van der Waals surface area contributed by atoms with Gasteiger partial charge in [-0.1, -0.05) is 24.3 Å². The number of aliphatic carboxylic acids is 1. The average Bonchev–Trinajstić information content (AvgIpc) is 2.82. The van der Waals surface area contributed by atoms with E-state index in [4.69, 9.17) is 0 Å². The Balaban J connectivity index is 2.27. The second kappa shape index (κ2) is 6.32. The van der Waals surface area contributed by atoms with Gasteiger partial charge in [0, 0.05) is 22.2 Å². The molecule has 0 fully saturated rings. The molecule has 3 N–H and O–H groups in total. The number of fused-ring (bicyclic) bond motifs is 1. The van der Waals surface area contributed by atoms with E-state index in [9.17, 15) is 24.9 Å². The molecule has 0 aliphatic carbocycles. The SMILES string of the molecule is Cc1c(CC(=O)O)c2c(C(=O)O)cccc2n1Cc1ccccc1O. The van der Waals surface area contributed by atoms with Crippen molar-refractivity contribution in [2.45, 2.75) is 19.9 Å². The number of nitrogens with zero attached hydrogens (tertiary/aromatic N) is 1. The Morgan fingerprint density at radius 2 is 1.76 bits per heavy atom. The Bertz CT molecular complexity index is 987. The van der Waals surface area contributed by atoms with E-state index in [1.807, 2.05) is 4.57 Å². The fourth-order valence-corrected chi connectivity index (χ4v) is 3.17. The lowest BCUT2D eigenvalue weighted by atomic mass is 10.0. The number of rotatable bonds is 5. The van der Waals surface area contributed by atoms with Crippen LogP contribution in [0.2, 0.25) is 0 Å². The molecular formula is C19H17NO5. The fourth-order valence-electron chi connectivity index (χ4n) is 3.17. The highest BCUT2D eigenvalue weighted by molar-refractivity contribution is 6.06. The number of benzene rings is 2. The van der Waals surface area contributed by atoms with Crippen molar-refractivity contribution in [2.24, 2.45) is 0 Å². The average molecular weight is 339 g/mol. The van der Waals surface area contributed by atoms with Gasteiger partial charge < -0.3 is 19.9 Å². The third-order valence-electron chi connectivity index (χ3n) is 4.36. The summed E-state index contributed by atoms with van der Waals surface area (Å²) in [6.45, 7) is 2.08. The maximum absolute atomic E-state index is 11.6. The molecule has 0 radical (unpaired) electrons. The molecule has 2 aromatic carbocycles. The highest BCUT2D eigenvalue weighted by atomic mass is 16.4. The molecule has 0 amide bonds. The highest BCUT2D eigenvalue weighted by Crippen LogP contribution is 2.31. The second-order valence-electron chi connectivity index (χ2n) is 5.85. The number of aromatic carboxylic acids is 1. The number of hydrogen-bond donors (Lipinski definition) is 3. The van der Waals surface area contributed by atoms with Gasteiger partial charge in [-0.3, -0.25) is 4.79 Å². The Hall–Kier alpha value is -3.28. The molecule has 6 heteroatoms. The first kappa shape index (κ1) is 16.6. The van der Waals surface area contributed by atoms with E-state index in [-0.39, 0.29) is 17.7 Å². The van der Waals surface area contributed by atoms with E-state index < -0.39 is 11.9 Å². The third kappa shape index (κ3) is 2.94. The van der Waals surface area contributed by atoms with Gasteiger partial charge in [-0.05, 0) is 30.7 Å². The summed E-state index contributed by atoms with van der Waals surface area (Å²) in [6.07, 6.45) is -0.263. The minimum atomic E-state index is -1.10. The molecule has 3 rings (SSSR count). The van der Waals surface area contributed by atoms with Gasteiger partial charge in [0.15, 0.2) is 0 Å².